The summed E-state index contributed by atoms with van der Waals surface area (Å²) in [5.74, 6) is -2.23. The summed E-state index contributed by atoms with van der Waals surface area (Å²) >= 11 is 5.97. The smallest absolute Gasteiger partial charge is 0.266 e. The van der Waals surface area contributed by atoms with Gasteiger partial charge in [-0.3, -0.25) is 34.2 Å². The highest BCUT2D eigenvalue weighted by atomic mass is 35.5. The largest absolute Gasteiger partial charge is 0.490 e. The van der Waals surface area contributed by atoms with Gasteiger partial charge in [-0.15, -0.1) is 0 Å². The summed E-state index contributed by atoms with van der Waals surface area (Å²) in [6.45, 7) is 2.40. The highest BCUT2D eigenvalue weighted by molar-refractivity contribution is 6.31. The van der Waals surface area contributed by atoms with Crippen molar-refractivity contribution in [3.63, 3.8) is 0 Å². The van der Waals surface area contributed by atoms with Crippen LogP contribution in [0.2, 0.25) is 5.02 Å². The molecule has 3 N–H and O–H groups in total. The highest BCUT2D eigenvalue weighted by Crippen LogP contribution is 2.36. The van der Waals surface area contributed by atoms with Crippen LogP contribution in [-0.4, -0.2) is 116 Å². The number of carbonyl (C=O) groups excluding carboxylic acids is 5. The molecule has 4 heterocycles. The number of nitrogens with zero attached hydrogens (tertiary/aromatic N) is 3. The van der Waals surface area contributed by atoms with E-state index in [4.69, 9.17) is 40.0 Å². The van der Waals surface area contributed by atoms with Crippen molar-refractivity contribution in [1.29, 1.82) is 0 Å². The summed E-state index contributed by atoms with van der Waals surface area (Å²) in [6, 6.07) is 11.2. The van der Waals surface area contributed by atoms with Crippen LogP contribution in [0.25, 0.3) is 10.9 Å². The highest BCUT2D eigenvalue weighted by Gasteiger charge is 2.46. The maximum atomic E-state index is 13.7. The predicted molar refractivity (Wildman–Crippen MR) is 208 cm³/mol. The molecule has 19 heteroatoms. The Morgan fingerprint density at radius 1 is 0.915 bits per heavy atom. The molecule has 310 valence electrons. The minimum absolute atomic E-state index is 0.0275. The van der Waals surface area contributed by atoms with Gasteiger partial charge >= 0.3 is 0 Å². The van der Waals surface area contributed by atoms with Crippen LogP contribution in [0, 0.1) is 5.82 Å². The van der Waals surface area contributed by atoms with Gasteiger partial charge in [-0.25, -0.2) is 14.4 Å². The molecule has 2 saturated heterocycles. The van der Waals surface area contributed by atoms with Crippen molar-refractivity contribution in [3.8, 4) is 11.5 Å². The third kappa shape index (κ3) is 10.1. The maximum Gasteiger partial charge on any atom is 0.266 e. The Balaban J connectivity index is 0.813. The molecule has 17 nitrogen and oxygen atoms in total. The minimum atomic E-state index is -1.07. The summed E-state index contributed by atoms with van der Waals surface area (Å²) < 4.78 is 47.9. The van der Waals surface area contributed by atoms with Crippen molar-refractivity contribution in [2.75, 3.05) is 70.1 Å². The quantitative estimate of drug-likeness (QED) is 0.0896. The molecule has 2 fully saturated rings. The summed E-state index contributed by atoms with van der Waals surface area (Å²) in [7, 11) is 0. The van der Waals surface area contributed by atoms with E-state index in [9.17, 15) is 28.4 Å². The van der Waals surface area contributed by atoms with Gasteiger partial charge < -0.3 is 39.1 Å². The molecule has 1 aromatic heterocycles. The average molecular weight is 835 g/mol. The Morgan fingerprint density at radius 3 is 2.44 bits per heavy atom. The van der Waals surface area contributed by atoms with Crippen LogP contribution in [0.3, 0.4) is 0 Å². The number of ether oxygens (including phenoxy) is 6. The molecule has 0 spiro atoms. The standard InChI is InChI=1S/C40H40ClFN6O11/c41-27-18-23(4-5-28(27)42)45-37-26-19-30(33(20-29(26)43-22-44-37)59-24-8-10-57-21-24)46-35(50)9-11-54-12-13-55-14-15-56-16-17-58-32-3-1-2-25-36(32)40(53)48(39(25)52)31-6-7-34(49)47-38(31)51/h1-5,18-20,22,24,31H,6-17,21H2,(H,46,50)(H,43,44,45)(H,47,49,51)/t24-,31?/m0/s1. The first-order valence-corrected chi connectivity index (χ1v) is 19.3. The van der Waals surface area contributed by atoms with Crippen molar-refractivity contribution in [2.24, 2.45) is 0 Å². The Hall–Kier alpha value is -5.79. The lowest BCUT2D eigenvalue weighted by molar-refractivity contribution is -0.136. The van der Waals surface area contributed by atoms with Crippen LogP contribution < -0.4 is 25.4 Å². The van der Waals surface area contributed by atoms with E-state index in [1.807, 2.05) is 0 Å². The molecule has 3 aliphatic rings. The molecule has 3 aliphatic heterocycles. The van der Waals surface area contributed by atoms with Crippen molar-refractivity contribution in [1.82, 2.24) is 20.2 Å². The molecule has 0 aliphatic carbocycles. The van der Waals surface area contributed by atoms with Gasteiger partial charge in [0.25, 0.3) is 11.8 Å². The number of nitrogens with one attached hydrogen (secondary N) is 3. The number of halogens is 2. The number of hydrogen-bond acceptors (Lipinski definition) is 14. The molecular weight excluding hydrogens is 795 g/mol. The number of aromatic nitrogens is 2. The first-order chi connectivity index (χ1) is 28.7. The Kier molecular flexibility index (Phi) is 13.5. The SMILES string of the molecule is O=C1CCC(N2C(=O)c3cccc(OCCOCCOCCOCCC(=O)Nc4cc5c(Nc6ccc(F)c(Cl)c6)ncnc5cc4O[C@H]4CCOC4)c3C2=O)C(=O)N1. The summed E-state index contributed by atoms with van der Waals surface area (Å²) in [5.41, 5.74) is 1.67. The average Bonchev–Trinajstić information content (AvgIpc) is 3.82. The lowest BCUT2D eigenvalue weighted by Crippen LogP contribution is -2.54. The van der Waals surface area contributed by atoms with E-state index in [0.717, 1.165) is 4.90 Å². The number of fused-ring (bicyclic) bond motifs is 2. The number of imide groups is 2. The van der Waals surface area contributed by atoms with Gasteiger partial charge in [0.1, 0.15) is 48.2 Å². The van der Waals surface area contributed by atoms with Crippen LogP contribution in [0.4, 0.5) is 21.6 Å². The molecule has 0 bridgehead atoms. The Morgan fingerprint density at radius 2 is 1.69 bits per heavy atom. The molecule has 7 rings (SSSR count). The van der Waals surface area contributed by atoms with E-state index < -0.39 is 35.5 Å². The number of piperidine rings is 1. The number of hydrogen-bond donors (Lipinski definition) is 3. The zero-order valence-corrected chi connectivity index (χ0v) is 32.4. The normalized spacial score (nSPS) is 17.6. The fourth-order valence-corrected chi connectivity index (χ4v) is 6.79. The molecule has 0 radical (unpaired) electrons. The van der Waals surface area contributed by atoms with Gasteiger partial charge in [0.2, 0.25) is 17.7 Å². The minimum Gasteiger partial charge on any atom is -0.490 e. The van der Waals surface area contributed by atoms with Crippen molar-refractivity contribution in [2.45, 2.75) is 37.8 Å². The molecular formula is C40H40ClFN6O11. The zero-order chi connectivity index (χ0) is 41.3. The van der Waals surface area contributed by atoms with E-state index in [2.05, 4.69) is 25.9 Å². The van der Waals surface area contributed by atoms with Gasteiger partial charge in [-0.05, 0) is 42.8 Å². The monoisotopic (exact) mass is 834 g/mol. The second-order valence-electron chi connectivity index (χ2n) is 13.6. The Bertz CT molecular complexity index is 2240. The molecule has 5 amide bonds. The number of carbonyl (C=O) groups is 5. The third-order valence-corrected chi connectivity index (χ3v) is 9.80. The third-order valence-electron chi connectivity index (χ3n) is 9.51. The van der Waals surface area contributed by atoms with E-state index in [-0.39, 0.29) is 99.4 Å². The predicted octanol–water partition coefficient (Wildman–Crippen LogP) is 4.19. The second-order valence-corrected chi connectivity index (χ2v) is 14.0. The number of benzene rings is 3. The molecule has 59 heavy (non-hydrogen) atoms. The second kappa shape index (κ2) is 19.3. The van der Waals surface area contributed by atoms with E-state index in [0.29, 0.717) is 53.5 Å². The molecule has 2 atom stereocenters. The van der Waals surface area contributed by atoms with Crippen LogP contribution in [0.5, 0.6) is 11.5 Å². The maximum absolute atomic E-state index is 13.7. The van der Waals surface area contributed by atoms with Crippen molar-refractivity contribution < 1.29 is 56.8 Å². The van der Waals surface area contributed by atoms with Gasteiger partial charge in [0.15, 0.2) is 0 Å². The zero-order valence-electron chi connectivity index (χ0n) is 31.6. The summed E-state index contributed by atoms with van der Waals surface area (Å²) in [6.07, 6.45) is 2.03. The first kappa shape index (κ1) is 41.4. The van der Waals surface area contributed by atoms with Crippen LogP contribution >= 0.6 is 11.6 Å². The fraction of sp³-hybridized carbons (Fsp3) is 0.375. The number of amides is 5. The molecule has 3 aromatic carbocycles. The summed E-state index contributed by atoms with van der Waals surface area (Å²) in [4.78, 5) is 72.7. The number of anilines is 3. The first-order valence-electron chi connectivity index (χ1n) is 18.9. The lowest BCUT2D eigenvalue weighted by atomic mass is 10.0. The van der Waals surface area contributed by atoms with Crippen molar-refractivity contribution in [3.05, 3.63) is 76.8 Å². The Labute approximate surface area is 341 Å². The summed E-state index contributed by atoms with van der Waals surface area (Å²) in [5, 5.41) is 8.75. The van der Waals surface area contributed by atoms with Crippen LogP contribution in [0.1, 0.15) is 46.4 Å². The fourth-order valence-electron chi connectivity index (χ4n) is 6.61. The van der Waals surface area contributed by atoms with E-state index >= 15 is 0 Å². The molecule has 1 unspecified atom stereocenters. The van der Waals surface area contributed by atoms with E-state index in [1.165, 1.54) is 30.6 Å². The van der Waals surface area contributed by atoms with E-state index in [1.54, 1.807) is 24.3 Å². The van der Waals surface area contributed by atoms with Gasteiger partial charge in [-0.1, -0.05) is 17.7 Å². The number of rotatable bonds is 19. The van der Waals surface area contributed by atoms with Crippen LogP contribution in [-0.2, 0) is 33.3 Å². The van der Waals surface area contributed by atoms with Crippen LogP contribution in [0.15, 0.2) is 54.9 Å². The molecule has 0 saturated carbocycles. The molecule has 4 aromatic rings. The van der Waals surface area contributed by atoms with Gasteiger partial charge in [0, 0.05) is 30.0 Å². The lowest BCUT2D eigenvalue weighted by Gasteiger charge is -2.27. The van der Waals surface area contributed by atoms with Crippen molar-refractivity contribution >= 4 is 69.2 Å². The van der Waals surface area contributed by atoms with Gasteiger partial charge in [-0.2, -0.15) is 0 Å². The van der Waals surface area contributed by atoms with Gasteiger partial charge in [0.05, 0.1) is 86.6 Å². The topological polar surface area (TPSA) is 206 Å².